The van der Waals surface area contributed by atoms with Crippen LogP contribution in [0.4, 0.5) is 24.9 Å². The average molecular weight is 436 g/mol. The summed E-state index contributed by atoms with van der Waals surface area (Å²) in [6.07, 6.45) is 3.71. The first-order valence-electron chi connectivity index (χ1n) is 9.75. The first-order valence-corrected chi connectivity index (χ1v) is 9.75. The van der Waals surface area contributed by atoms with E-state index >= 15 is 0 Å². The summed E-state index contributed by atoms with van der Waals surface area (Å²) in [6.45, 7) is 2.23. The SMILES string of the molecule is CC=NC=Nc1[nH]cc(-c2ncnc(NC3(C(=O)NCC(F)(F)F)CCCC3)n2)c1C. The third-order valence-electron chi connectivity index (χ3n) is 5.02. The monoisotopic (exact) mass is 436 g/mol. The highest BCUT2D eigenvalue weighted by Crippen LogP contribution is 2.34. The van der Waals surface area contributed by atoms with E-state index in [2.05, 4.69) is 35.2 Å². The Morgan fingerprint density at radius 1 is 1.32 bits per heavy atom. The predicted molar refractivity (Wildman–Crippen MR) is 111 cm³/mol. The number of alkyl halides is 3. The maximum Gasteiger partial charge on any atom is 0.405 e. The molecule has 0 unspecified atom stereocenters. The molecule has 0 saturated heterocycles. The molecule has 0 aromatic carbocycles. The Morgan fingerprint density at radius 2 is 2.06 bits per heavy atom. The fourth-order valence-corrected chi connectivity index (χ4v) is 3.45. The summed E-state index contributed by atoms with van der Waals surface area (Å²) in [5.41, 5.74) is 0.281. The molecule has 0 radical (unpaired) electrons. The van der Waals surface area contributed by atoms with Crippen LogP contribution >= 0.6 is 0 Å². The van der Waals surface area contributed by atoms with Gasteiger partial charge in [-0.2, -0.15) is 18.2 Å². The summed E-state index contributed by atoms with van der Waals surface area (Å²) in [4.78, 5) is 36.3. The van der Waals surface area contributed by atoms with E-state index in [0.717, 1.165) is 5.56 Å². The lowest BCUT2D eigenvalue weighted by Crippen LogP contribution is -2.52. The second-order valence-corrected chi connectivity index (χ2v) is 7.17. The second kappa shape index (κ2) is 9.23. The topological polar surface area (TPSA) is 120 Å². The quantitative estimate of drug-likeness (QED) is 0.454. The molecule has 9 nitrogen and oxygen atoms in total. The van der Waals surface area contributed by atoms with Gasteiger partial charge in [-0.25, -0.2) is 20.0 Å². The molecule has 2 heterocycles. The zero-order valence-electron chi connectivity index (χ0n) is 17.1. The normalized spacial score (nSPS) is 16.3. The van der Waals surface area contributed by atoms with Crippen LogP contribution in [0.2, 0.25) is 0 Å². The van der Waals surface area contributed by atoms with E-state index < -0.39 is 24.2 Å². The number of hydrogen-bond donors (Lipinski definition) is 3. The number of amides is 1. The number of nitrogens with one attached hydrogen (secondary N) is 3. The zero-order chi connectivity index (χ0) is 22.5. The Hall–Kier alpha value is -3.31. The highest BCUT2D eigenvalue weighted by atomic mass is 19.4. The number of carbonyl (C=O) groups is 1. The van der Waals surface area contributed by atoms with Crippen molar-refractivity contribution in [3.8, 4) is 11.4 Å². The largest absolute Gasteiger partial charge is 0.405 e. The summed E-state index contributed by atoms with van der Waals surface area (Å²) >= 11 is 0. The standard InChI is InChI=1S/C19H23F3N8O/c1-3-23-10-26-14-12(2)13(8-24-14)15-27-11-28-17(29-15)30-18(6-4-5-7-18)16(31)25-9-19(20,21)22/h3,8,10-11,24H,4-7,9H2,1-2H3,(H,25,31)(H,27,28,29,30). The van der Waals surface area contributed by atoms with Gasteiger partial charge in [0.2, 0.25) is 11.9 Å². The first-order chi connectivity index (χ1) is 14.7. The third kappa shape index (κ3) is 5.44. The number of aliphatic imine (C=N–C) groups is 2. The van der Waals surface area contributed by atoms with Gasteiger partial charge in [-0.05, 0) is 26.7 Å². The Bertz CT molecular complexity index is 977. The van der Waals surface area contributed by atoms with Crippen LogP contribution in [0.3, 0.4) is 0 Å². The average Bonchev–Trinajstić information content (AvgIpc) is 3.34. The van der Waals surface area contributed by atoms with Crippen LogP contribution in [0.25, 0.3) is 11.4 Å². The van der Waals surface area contributed by atoms with Gasteiger partial charge in [0.1, 0.15) is 30.6 Å². The number of carbonyl (C=O) groups excluding carboxylic acids is 1. The van der Waals surface area contributed by atoms with Crippen LogP contribution in [-0.2, 0) is 4.79 Å². The maximum absolute atomic E-state index is 12.6. The number of halogens is 3. The van der Waals surface area contributed by atoms with E-state index in [-0.39, 0.29) is 5.95 Å². The van der Waals surface area contributed by atoms with E-state index in [0.29, 0.717) is 42.9 Å². The van der Waals surface area contributed by atoms with E-state index in [4.69, 9.17) is 0 Å². The Morgan fingerprint density at radius 3 is 2.74 bits per heavy atom. The lowest BCUT2D eigenvalue weighted by Gasteiger charge is -2.29. The molecule has 1 aliphatic carbocycles. The van der Waals surface area contributed by atoms with E-state index in [1.54, 1.807) is 19.3 Å². The molecule has 12 heteroatoms. The molecule has 2 aromatic rings. The molecular weight excluding hydrogens is 413 g/mol. The molecule has 1 amide bonds. The number of nitrogens with zero attached hydrogens (tertiary/aromatic N) is 5. The van der Waals surface area contributed by atoms with Gasteiger partial charge in [0.25, 0.3) is 0 Å². The highest BCUT2D eigenvalue weighted by molar-refractivity contribution is 5.89. The van der Waals surface area contributed by atoms with Crippen molar-refractivity contribution < 1.29 is 18.0 Å². The van der Waals surface area contributed by atoms with E-state index in [1.165, 1.54) is 12.7 Å². The number of H-pyrrole nitrogens is 1. The van der Waals surface area contributed by atoms with Crippen LogP contribution < -0.4 is 10.6 Å². The van der Waals surface area contributed by atoms with Gasteiger partial charge in [-0.1, -0.05) is 12.8 Å². The van der Waals surface area contributed by atoms with Crippen LogP contribution in [0.5, 0.6) is 0 Å². The number of aromatic amines is 1. The smallest absolute Gasteiger partial charge is 0.346 e. The lowest BCUT2D eigenvalue weighted by atomic mass is 9.96. The van der Waals surface area contributed by atoms with E-state index in [9.17, 15) is 18.0 Å². The van der Waals surface area contributed by atoms with Crippen LogP contribution in [0.15, 0.2) is 22.5 Å². The molecule has 2 aromatic heterocycles. The lowest BCUT2D eigenvalue weighted by molar-refractivity contribution is -0.141. The summed E-state index contributed by atoms with van der Waals surface area (Å²) in [7, 11) is 0. The molecule has 0 atom stereocenters. The molecule has 0 spiro atoms. The molecule has 1 saturated carbocycles. The summed E-state index contributed by atoms with van der Waals surface area (Å²) in [5, 5.41) is 4.95. The Balaban J connectivity index is 1.82. The van der Waals surface area contributed by atoms with Crippen molar-refractivity contribution in [2.75, 3.05) is 11.9 Å². The molecular formula is C19H23F3N8O. The van der Waals surface area contributed by atoms with Gasteiger partial charge in [0.05, 0.1) is 0 Å². The molecule has 0 bridgehead atoms. The molecule has 3 rings (SSSR count). The molecule has 0 aliphatic heterocycles. The van der Waals surface area contributed by atoms with Gasteiger partial charge in [-0.3, -0.25) is 4.79 Å². The van der Waals surface area contributed by atoms with Crippen molar-refractivity contribution in [2.24, 2.45) is 9.98 Å². The van der Waals surface area contributed by atoms with Crippen molar-refractivity contribution in [1.29, 1.82) is 0 Å². The van der Waals surface area contributed by atoms with Crippen LogP contribution in [0, 0.1) is 6.92 Å². The van der Waals surface area contributed by atoms with Crippen LogP contribution in [0.1, 0.15) is 38.2 Å². The fourth-order valence-electron chi connectivity index (χ4n) is 3.45. The number of rotatable bonds is 7. The highest BCUT2D eigenvalue weighted by Gasteiger charge is 2.43. The summed E-state index contributed by atoms with van der Waals surface area (Å²) in [6, 6.07) is 0. The van der Waals surface area contributed by atoms with E-state index in [1.807, 2.05) is 12.2 Å². The molecule has 3 N–H and O–H groups in total. The Labute approximate surface area is 176 Å². The fraction of sp³-hybridized carbons (Fsp3) is 0.474. The van der Waals surface area contributed by atoms with Crippen molar-refractivity contribution in [3.63, 3.8) is 0 Å². The van der Waals surface area contributed by atoms with Crippen molar-refractivity contribution in [3.05, 3.63) is 18.1 Å². The first kappa shape index (κ1) is 22.4. The molecule has 1 fully saturated rings. The minimum absolute atomic E-state index is 0.121. The van der Waals surface area contributed by atoms with Gasteiger partial charge in [0, 0.05) is 23.5 Å². The van der Waals surface area contributed by atoms with Gasteiger partial charge in [-0.15, -0.1) is 0 Å². The minimum Gasteiger partial charge on any atom is -0.346 e. The molecule has 166 valence electrons. The van der Waals surface area contributed by atoms with Gasteiger partial charge < -0.3 is 15.6 Å². The third-order valence-corrected chi connectivity index (χ3v) is 5.02. The predicted octanol–water partition coefficient (Wildman–Crippen LogP) is 3.33. The van der Waals surface area contributed by atoms with Crippen molar-refractivity contribution in [1.82, 2.24) is 25.3 Å². The Kier molecular flexibility index (Phi) is 6.66. The van der Waals surface area contributed by atoms with Crippen LogP contribution in [-0.4, -0.2) is 56.7 Å². The number of aromatic nitrogens is 4. The summed E-state index contributed by atoms with van der Waals surface area (Å²) in [5.74, 6) is 0.343. The van der Waals surface area contributed by atoms with Gasteiger partial charge >= 0.3 is 6.18 Å². The number of hydrogen-bond acceptors (Lipinski definition) is 6. The molecule has 31 heavy (non-hydrogen) atoms. The number of anilines is 1. The summed E-state index contributed by atoms with van der Waals surface area (Å²) < 4.78 is 37.6. The van der Waals surface area contributed by atoms with Crippen molar-refractivity contribution >= 4 is 30.2 Å². The van der Waals surface area contributed by atoms with Crippen molar-refractivity contribution in [2.45, 2.75) is 51.2 Å². The zero-order valence-corrected chi connectivity index (χ0v) is 17.1. The minimum atomic E-state index is -4.48. The maximum atomic E-state index is 12.6. The van der Waals surface area contributed by atoms with Gasteiger partial charge in [0.15, 0.2) is 5.82 Å². The second-order valence-electron chi connectivity index (χ2n) is 7.17. The molecule has 1 aliphatic rings.